The molecule has 1 atom stereocenters. The van der Waals surface area contributed by atoms with E-state index in [9.17, 15) is 9.90 Å². The normalized spacial score (nSPS) is 12.2. The predicted molar refractivity (Wildman–Crippen MR) is 69.7 cm³/mol. The first kappa shape index (κ1) is 14.3. The molecule has 0 aliphatic heterocycles. The average Bonchev–Trinajstić information content (AvgIpc) is 2.27. The number of hydrogen-bond acceptors (Lipinski definition) is 2. The number of rotatable bonds is 5. The van der Waals surface area contributed by atoms with Crippen LogP contribution in [0.15, 0.2) is 18.2 Å². The lowest BCUT2D eigenvalue weighted by Gasteiger charge is -2.09. The predicted octanol–water partition coefficient (Wildman–Crippen LogP) is 2.88. The summed E-state index contributed by atoms with van der Waals surface area (Å²) in [6.45, 7) is 2.32. The molecule has 0 fully saturated rings. The van der Waals surface area contributed by atoms with Gasteiger partial charge < -0.3 is 10.4 Å². The fraction of sp³-hybridized carbons (Fsp3) is 0.417. The Hall–Kier alpha value is -0.770. The first-order chi connectivity index (χ1) is 8.02. The molecule has 94 valence electrons. The topological polar surface area (TPSA) is 49.3 Å². The maximum atomic E-state index is 11.7. The van der Waals surface area contributed by atoms with E-state index in [1.807, 2.05) is 6.92 Å². The molecule has 0 aliphatic rings. The van der Waals surface area contributed by atoms with Gasteiger partial charge in [-0.2, -0.15) is 0 Å². The molecule has 0 aromatic heterocycles. The number of hydrogen-bond donors (Lipinski definition) is 2. The van der Waals surface area contributed by atoms with Crippen molar-refractivity contribution in [3.05, 3.63) is 33.8 Å². The number of benzene rings is 1. The van der Waals surface area contributed by atoms with Gasteiger partial charge in [0.25, 0.3) is 5.91 Å². The van der Waals surface area contributed by atoms with Crippen molar-refractivity contribution < 1.29 is 9.90 Å². The van der Waals surface area contributed by atoms with Crippen LogP contribution >= 0.6 is 23.2 Å². The molecule has 0 heterocycles. The van der Waals surface area contributed by atoms with E-state index in [-0.39, 0.29) is 12.0 Å². The van der Waals surface area contributed by atoms with E-state index < -0.39 is 0 Å². The van der Waals surface area contributed by atoms with Crippen molar-refractivity contribution in [2.75, 3.05) is 6.54 Å². The summed E-state index contributed by atoms with van der Waals surface area (Å²) in [6, 6.07) is 4.68. The van der Waals surface area contributed by atoms with E-state index in [0.29, 0.717) is 35.0 Å². The van der Waals surface area contributed by atoms with Crippen LogP contribution in [0.25, 0.3) is 0 Å². The third-order valence-electron chi connectivity index (χ3n) is 2.36. The fourth-order valence-electron chi connectivity index (χ4n) is 1.34. The zero-order chi connectivity index (χ0) is 12.8. The maximum Gasteiger partial charge on any atom is 0.251 e. The highest BCUT2D eigenvalue weighted by Gasteiger charge is 2.08. The summed E-state index contributed by atoms with van der Waals surface area (Å²) in [5.41, 5.74) is 0.425. The Morgan fingerprint density at radius 2 is 1.94 bits per heavy atom. The molecule has 1 amide bonds. The summed E-state index contributed by atoms with van der Waals surface area (Å²) in [5, 5.41) is 12.9. The van der Waals surface area contributed by atoms with Gasteiger partial charge in [-0.05, 0) is 31.0 Å². The van der Waals surface area contributed by atoms with Gasteiger partial charge in [0.15, 0.2) is 0 Å². The number of carbonyl (C=O) groups excluding carboxylic acids is 1. The second-order valence-corrected chi connectivity index (χ2v) is 4.64. The first-order valence-electron chi connectivity index (χ1n) is 5.45. The van der Waals surface area contributed by atoms with Gasteiger partial charge in [-0.1, -0.05) is 30.1 Å². The van der Waals surface area contributed by atoms with Crippen LogP contribution in [0.1, 0.15) is 30.1 Å². The Labute approximate surface area is 111 Å². The number of nitrogens with one attached hydrogen (secondary N) is 1. The second-order valence-electron chi connectivity index (χ2n) is 3.76. The number of carbonyl (C=O) groups is 1. The van der Waals surface area contributed by atoms with Crippen LogP contribution < -0.4 is 5.32 Å². The van der Waals surface area contributed by atoms with Crippen LogP contribution in [0.5, 0.6) is 0 Å². The first-order valence-corrected chi connectivity index (χ1v) is 6.21. The summed E-state index contributed by atoms with van der Waals surface area (Å²) >= 11 is 11.6. The molecule has 1 aromatic carbocycles. The maximum absolute atomic E-state index is 11.7. The van der Waals surface area contributed by atoms with Crippen LogP contribution in [0.3, 0.4) is 0 Å². The largest absolute Gasteiger partial charge is 0.393 e. The Morgan fingerprint density at radius 1 is 1.35 bits per heavy atom. The molecular formula is C12H15Cl2NO2. The summed E-state index contributed by atoms with van der Waals surface area (Å²) in [7, 11) is 0. The Bertz CT molecular complexity index is 376. The highest BCUT2D eigenvalue weighted by molar-refractivity contribution is 6.35. The summed E-state index contributed by atoms with van der Waals surface area (Å²) < 4.78 is 0. The van der Waals surface area contributed by atoms with Crippen LogP contribution in [0.2, 0.25) is 10.0 Å². The van der Waals surface area contributed by atoms with E-state index >= 15 is 0 Å². The molecule has 5 heteroatoms. The van der Waals surface area contributed by atoms with Crippen LogP contribution in [0, 0.1) is 0 Å². The van der Waals surface area contributed by atoms with Crippen molar-refractivity contribution in [2.24, 2.45) is 0 Å². The molecular weight excluding hydrogens is 261 g/mol. The lowest BCUT2D eigenvalue weighted by molar-refractivity contribution is 0.0942. The molecule has 0 bridgehead atoms. The van der Waals surface area contributed by atoms with Crippen molar-refractivity contribution in [2.45, 2.75) is 25.9 Å². The van der Waals surface area contributed by atoms with Crippen LogP contribution in [-0.4, -0.2) is 23.7 Å². The van der Waals surface area contributed by atoms with Gasteiger partial charge in [0.1, 0.15) is 0 Å². The minimum atomic E-state index is -0.377. The number of aliphatic hydroxyl groups is 1. The molecule has 0 saturated carbocycles. The standard InChI is InChI=1S/C12H15Cl2NO2/c1-2-11(16)3-4-15-12(17)8-5-9(13)7-10(14)6-8/h5-7,11,16H,2-4H2,1H3,(H,15,17). The van der Waals surface area contributed by atoms with Gasteiger partial charge in [-0.15, -0.1) is 0 Å². The Balaban J connectivity index is 2.52. The summed E-state index contributed by atoms with van der Waals surface area (Å²) in [4.78, 5) is 11.7. The van der Waals surface area contributed by atoms with Crippen molar-refractivity contribution in [3.63, 3.8) is 0 Å². The van der Waals surface area contributed by atoms with Gasteiger partial charge in [0.2, 0.25) is 0 Å². The molecule has 0 saturated heterocycles. The summed E-state index contributed by atoms with van der Waals surface area (Å²) in [5.74, 6) is -0.238. The summed E-state index contributed by atoms with van der Waals surface area (Å²) in [6.07, 6.45) is 0.841. The van der Waals surface area contributed by atoms with Gasteiger partial charge >= 0.3 is 0 Å². The zero-order valence-corrected chi connectivity index (χ0v) is 11.1. The lowest BCUT2D eigenvalue weighted by Crippen LogP contribution is -2.27. The quantitative estimate of drug-likeness (QED) is 0.868. The second kappa shape index (κ2) is 6.84. The molecule has 1 unspecified atom stereocenters. The molecule has 3 nitrogen and oxygen atoms in total. The Morgan fingerprint density at radius 3 is 2.47 bits per heavy atom. The van der Waals surface area contributed by atoms with Crippen molar-refractivity contribution in [1.29, 1.82) is 0 Å². The van der Waals surface area contributed by atoms with Gasteiger partial charge in [0, 0.05) is 22.2 Å². The number of halogens is 2. The van der Waals surface area contributed by atoms with Gasteiger partial charge in [-0.25, -0.2) is 0 Å². The SMILES string of the molecule is CCC(O)CCNC(=O)c1cc(Cl)cc(Cl)c1. The smallest absolute Gasteiger partial charge is 0.251 e. The number of aliphatic hydroxyl groups excluding tert-OH is 1. The molecule has 17 heavy (non-hydrogen) atoms. The lowest BCUT2D eigenvalue weighted by atomic mass is 10.2. The third-order valence-corrected chi connectivity index (χ3v) is 2.80. The Kier molecular flexibility index (Phi) is 5.75. The van der Waals surface area contributed by atoms with E-state index in [1.54, 1.807) is 18.2 Å². The van der Waals surface area contributed by atoms with Gasteiger partial charge in [-0.3, -0.25) is 4.79 Å². The van der Waals surface area contributed by atoms with E-state index in [2.05, 4.69) is 5.32 Å². The monoisotopic (exact) mass is 275 g/mol. The highest BCUT2D eigenvalue weighted by atomic mass is 35.5. The zero-order valence-electron chi connectivity index (χ0n) is 9.54. The van der Waals surface area contributed by atoms with Crippen LogP contribution in [0.4, 0.5) is 0 Å². The van der Waals surface area contributed by atoms with Crippen molar-refractivity contribution in [3.8, 4) is 0 Å². The number of amides is 1. The molecule has 0 aliphatic carbocycles. The molecule has 1 rings (SSSR count). The van der Waals surface area contributed by atoms with Crippen molar-refractivity contribution in [1.82, 2.24) is 5.32 Å². The van der Waals surface area contributed by atoms with E-state index in [1.165, 1.54) is 0 Å². The van der Waals surface area contributed by atoms with Gasteiger partial charge in [0.05, 0.1) is 6.10 Å². The minimum absolute atomic E-state index is 0.238. The third kappa shape index (κ3) is 4.94. The minimum Gasteiger partial charge on any atom is -0.393 e. The van der Waals surface area contributed by atoms with E-state index in [0.717, 1.165) is 0 Å². The molecule has 0 spiro atoms. The van der Waals surface area contributed by atoms with Crippen molar-refractivity contribution >= 4 is 29.1 Å². The van der Waals surface area contributed by atoms with Crippen LogP contribution in [-0.2, 0) is 0 Å². The molecule has 2 N–H and O–H groups in total. The fourth-order valence-corrected chi connectivity index (χ4v) is 1.87. The highest BCUT2D eigenvalue weighted by Crippen LogP contribution is 2.18. The average molecular weight is 276 g/mol. The van der Waals surface area contributed by atoms with E-state index in [4.69, 9.17) is 23.2 Å². The molecule has 1 aromatic rings. The molecule has 0 radical (unpaired) electrons.